The van der Waals surface area contributed by atoms with Gasteiger partial charge in [0.25, 0.3) is 0 Å². The molecule has 1 unspecified atom stereocenters. The number of hydrogen-bond acceptors (Lipinski definition) is 4. The Bertz CT molecular complexity index is 156. The smallest absolute Gasteiger partial charge is 0.0677 e. The molecule has 1 spiro atoms. The van der Waals surface area contributed by atoms with Gasteiger partial charge in [0.05, 0.1) is 4.08 Å². The molecule has 2 saturated heterocycles. The summed E-state index contributed by atoms with van der Waals surface area (Å²) in [4.78, 5) is 0. The minimum absolute atomic E-state index is 0.382. The summed E-state index contributed by atoms with van der Waals surface area (Å²) in [6, 6.07) is 0. The summed E-state index contributed by atoms with van der Waals surface area (Å²) in [5.74, 6) is 5.55. The van der Waals surface area contributed by atoms with Gasteiger partial charge >= 0.3 is 0 Å². The molecule has 0 aromatic rings. The molecule has 1 atom stereocenters. The van der Waals surface area contributed by atoms with Crippen molar-refractivity contribution in [2.24, 2.45) is 5.92 Å². The first-order valence-corrected chi connectivity index (χ1v) is 7.46. The van der Waals surface area contributed by atoms with E-state index in [2.05, 4.69) is 23.5 Å². The third kappa shape index (κ3) is 1.63. The van der Waals surface area contributed by atoms with Crippen molar-refractivity contribution >= 4 is 35.3 Å². The van der Waals surface area contributed by atoms with Gasteiger partial charge in [-0.2, -0.15) is 11.8 Å². The van der Waals surface area contributed by atoms with E-state index in [1.165, 1.54) is 23.7 Å². The third-order valence-corrected chi connectivity index (χ3v) is 7.50. The normalized spacial score (nSPS) is 34.2. The third-order valence-electron chi connectivity index (χ3n) is 2.53. The largest absolute Gasteiger partial charge is 0.396 e. The van der Waals surface area contributed by atoms with Crippen molar-refractivity contribution in [1.82, 2.24) is 0 Å². The van der Waals surface area contributed by atoms with Crippen LogP contribution in [0.25, 0.3) is 0 Å². The Kier molecular flexibility index (Phi) is 3.21. The Balaban J connectivity index is 2.07. The summed E-state index contributed by atoms with van der Waals surface area (Å²) in [6.45, 7) is 0.382. The molecule has 2 aliphatic rings. The molecule has 2 rings (SSSR count). The topological polar surface area (TPSA) is 20.2 Å². The second-order valence-corrected chi connectivity index (χ2v) is 7.47. The number of thioether (sulfide) groups is 3. The Hall–Kier alpha value is 1.01. The first-order valence-electron chi connectivity index (χ1n) is 4.34. The molecule has 1 N–H and O–H groups in total. The zero-order chi connectivity index (χ0) is 8.44. The highest BCUT2D eigenvalue weighted by Crippen LogP contribution is 2.54. The second kappa shape index (κ2) is 4.03. The van der Waals surface area contributed by atoms with Crippen molar-refractivity contribution in [3.05, 3.63) is 0 Å². The molecule has 0 radical (unpaired) electrons. The molecule has 2 fully saturated rings. The van der Waals surface area contributed by atoms with Crippen LogP contribution in [0.5, 0.6) is 0 Å². The van der Waals surface area contributed by atoms with E-state index in [1.807, 2.05) is 11.8 Å². The van der Waals surface area contributed by atoms with Gasteiger partial charge in [0.2, 0.25) is 0 Å². The molecule has 4 heteroatoms. The van der Waals surface area contributed by atoms with E-state index in [1.54, 1.807) is 0 Å². The fourth-order valence-electron chi connectivity index (χ4n) is 1.81. The van der Waals surface area contributed by atoms with Crippen LogP contribution in [0, 0.1) is 5.92 Å². The molecule has 0 aliphatic carbocycles. The average Bonchev–Trinajstić information content (AvgIpc) is 2.55. The number of hydrogen-bond donors (Lipinski definition) is 1. The lowest BCUT2D eigenvalue weighted by Crippen LogP contribution is -2.37. The Morgan fingerprint density at radius 3 is 2.67 bits per heavy atom. The quantitative estimate of drug-likeness (QED) is 0.731. The minimum Gasteiger partial charge on any atom is -0.396 e. The Labute approximate surface area is 86.4 Å². The van der Waals surface area contributed by atoms with Crippen molar-refractivity contribution in [3.8, 4) is 0 Å². The molecule has 0 aromatic heterocycles. The highest BCUT2D eigenvalue weighted by molar-refractivity contribution is 8.21. The van der Waals surface area contributed by atoms with Crippen LogP contribution < -0.4 is 0 Å². The molecule has 70 valence electrons. The lowest BCUT2D eigenvalue weighted by molar-refractivity contribution is 0.228. The maximum Gasteiger partial charge on any atom is 0.0677 e. The zero-order valence-corrected chi connectivity index (χ0v) is 9.44. The van der Waals surface area contributed by atoms with E-state index in [0.29, 0.717) is 16.6 Å². The van der Waals surface area contributed by atoms with Crippen LogP contribution >= 0.6 is 35.3 Å². The van der Waals surface area contributed by atoms with Gasteiger partial charge in [0, 0.05) is 29.8 Å². The van der Waals surface area contributed by atoms with Crippen LogP contribution in [0.4, 0.5) is 0 Å². The molecule has 0 saturated carbocycles. The molecule has 0 aromatic carbocycles. The van der Waals surface area contributed by atoms with E-state index in [-0.39, 0.29) is 0 Å². The molecule has 0 amide bonds. The second-order valence-electron chi connectivity index (χ2n) is 3.21. The summed E-state index contributed by atoms with van der Waals surface area (Å²) >= 11 is 6.18. The molecular weight excluding hydrogens is 208 g/mol. The van der Waals surface area contributed by atoms with Gasteiger partial charge in [-0.3, -0.25) is 0 Å². The van der Waals surface area contributed by atoms with E-state index in [0.717, 1.165) is 5.75 Å². The molecule has 12 heavy (non-hydrogen) atoms. The number of rotatable bonds is 1. The standard InChI is InChI=1S/C8H14OS3/c9-5-7-6-10-2-1-8(7)11-3-4-12-8/h7,9H,1-6H2. The summed E-state index contributed by atoms with van der Waals surface area (Å²) < 4.78 is 0.403. The highest BCUT2D eigenvalue weighted by atomic mass is 32.2. The molecule has 1 nitrogen and oxygen atoms in total. The molecule has 0 bridgehead atoms. The van der Waals surface area contributed by atoms with Crippen LogP contribution in [0.3, 0.4) is 0 Å². The summed E-state index contributed by atoms with van der Waals surface area (Å²) in [5.41, 5.74) is 0. The molecule has 2 aliphatic heterocycles. The van der Waals surface area contributed by atoms with Crippen LogP contribution in [0.15, 0.2) is 0 Å². The lowest BCUT2D eigenvalue weighted by Gasteiger charge is -2.38. The van der Waals surface area contributed by atoms with Crippen LogP contribution in [0.1, 0.15) is 6.42 Å². The van der Waals surface area contributed by atoms with E-state index < -0.39 is 0 Å². The Morgan fingerprint density at radius 2 is 2.00 bits per heavy atom. The summed E-state index contributed by atoms with van der Waals surface area (Å²) in [7, 11) is 0. The van der Waals surface area contributed by atoms with Crippen molar-refractivity contribution in [2.45, 2.75) is 10.5 Å². The van der Waals surface area contributed by atoms with Gasteiger partial charge in [-0.1, -0.05) is 0 Å². The maximum atomic E-state index is 9.28. The fraction of sp³-hybridized carbons (Fsp3) is 1.00. The summed E-state index contributed by atoms with van der Waals surface area (Å²) in [5, 5.41) is 9.28. The van der Waals surface area contributed by atoms with Crippen molar-refractivity contribution < 1.29 is 5.11 Å². The predicted octanol–water partition coefficient (Wildman–Crippen LogP) is 1.91. The summed E-state index contributed by atoms with van der Waals surface area (Å²) in [6.07, 6.45) is 1.29. The van der Waals surface area contributed by atoms with Gasteiger partial charge in [-0.05, 0) is 12.2 Å². The zero-order valence-electron chi connectivity index (χ0n) is 6.99. The number of aliphatic hydroxyl groups is 1. The average molecular weight is 222 g/mol. The van der Waals surface area contributed by atoms with E-state index >= 15 is 0 Å². The van der Waals surface area contributed by atoms with E-state index in [9.17, 15) is 5.11 Å². The first-order chi connectivity index (χ1) is 5.87. The maximum absolute atomic E-state index is 9.28. The minimum atomic E-state index is 0.382. The SMILES string of the molecule is OCC1CSCCC12SCCS2. The van der Waals surface area contributed by atoms with Crippen LogP contribution in [-0.4, -0.2) is 38.8 Å². The molecular formula is C8H14OS3. The lowest BCUT2D eigenvalue weighted by atomic mass is 10.1. The monoisotopic (exact) mass is 222 g/mol. The van der Waals surface area contributed by atoms with E-state index in [4.69, 9.17) is 0 Å². The molecule has 2 heterocycles. The van der Waals surface area contributed by atoms with Crippen molar-refractivity contribution in [2.75, 3.05) is 29.6 Å². The predicted molar refractivity (Wildman–Crippen MR) is 60.2 cm³/mol. The highest BCUT2D eigenvalue weighted by Gasteiger charge is 2.44. The van der Waals surface area contributed by atoms with Gasteiger partial charge in [-0.15, -0.1) is 23.5 Å². The van der Waals surface area contributed by atoms with Crippen LogP contribution in [-0.2, 0) is 0 Å². The van der Waals surface area contributed by atoms with Gasteiger partial charge < -0.3 is 5.11 Å². The van der Waals surface area contributed by atoms with Gasteiger partial charge in [0.15, 0.2) is 0 Å². The van der Waals surface area contributed by atoms with Crippen molar-refractivity contribution in [3.63, 3.8) is 0 Å². The van der Waals surface area contributed by atoms with Gasteiger partial charge in [-0.25, -0.2) is 0 Å². The fourth-order valence-corrected chi connectivity index (χ4v) is 7.06. The first kappa shape index (κ1) is 9.56. The number of aliphatic hydroxyl groups excluding tert-OH is 1. The van der Waals surface area contributed by atoms with Gasteiger partial charge in [0.1, 0.15) is 0 Å². The van der Waals surface area contributed by atoms with Crippen molar-refractivity contribution in [1.29, 1.82) is 0 Å². The Morgan fingerprint density at radius 1 is 1.25 bits per heavy atom. The van der Waals surface area contributed by atoms with Crippen LogP contribution in [0.2, 0.25) is 0 Å².